The maximum atomic E-state index is 12.7. The normalized spacial score (nSPS) is 20.7. The van der Waals surface area contributed by atoms with Crippen molar-refractivity contribution in [1.29, 1.82) is 0 Å². The molecule has 0 saturated carbocycles. The van der Waals surface area contributed by atoms with Crippen LogP contribution in [0, 0.1) is 0 Å². The number of nitrogens with zero attached hydrogens (tertiary/aromatic N) is 2. The first-order valence-electron chi connectivity index (χ1n) is 7.78. The minimum atomic E-state index is -0.0273. The van der Waals surface area contributed by atoms with E-state index in [1.165, 1.54) is 5.56 Å². The Hall–Kier alpha value is -2.49. The van der Waals surface area contributed by atoms with Gasteiger partial charge in [0.1, 0.15) is 0 Å². The molecule has 0 spiro atoms. The number of nitrogens with one attached hydrogen (secondary N) is 1. The van der Waals surface area contributed by atoms with Gasteiger partial charge in [-0.25, -0.2) is 4.79 Å². The second-order valence-corrected chi connectivity index (χ2v) is 5.79. The Kier molecular flexibility index (Phi) is 3.22. The molecule has 2 bridgehead atoms. The van der Waals surface area contributed by atoms with Gasteiger partial charge in [0, 0.05) is 37.4 Å². The van der Waals surface area contributed by atoms with E-state index in [0.717, 1.165) is 37.4 Å². The molecule has 0 radical (unpaired) electrons. The minimum Gasteiger partial charge on any atom is -0.383 e. The molecule has 2 amide bonds. The highest BCUT2D eigenvalue weighted by atomic mass is 16.2. The predicted octanol–water partition coefficient (Wildman–Crippen LogP) is 2.94. The van der Waals surface area contributed by atoms with Gasteiger partial charge < -0.3 is 15.1 Å². The Balaban J connectivity index is 1.88. The summed E-state index contributed by atoms with van der Waals surface area (Å²) in [4.78, 5) is 16.7. The van der Waals surface area contributed by atoms with Gasteiger partial charge in [0.15, 0.2) is 0 Å². The van der Waals surface area contributed by atoms with Gasteiger partial charge in [0.2, 0.25) is 0 Å². The van der Waals surface area contributed by atoms with E-state index in [-0.39, 0.29) is 12.1 Å². The van der Waals surface area contributed by atoms with Crippen LogP contribution in [-0.4, -0.2) is 42.0 Å². The molecule has 2 aliphatic rings. The summed E-state index contributed by atoms with van der Waals surface area (Å²) >= 11 is 0. The van der Waals surface area contributed by atoms with Crippen molar-refractivity contribution in [2.75, 3.05) is 31.5 Å². The average molecular weight is 293 g/mol. The average Bonchev–Trinajstić information content (AvgIpc) is 2.94. The predicted molar refractivity (Wildman–Crippen MR) is 86.9 cm³/mol. The highest BCUT2D eigenvalue weighted by Gasteiger charge is 2.36. The molecular weight excluding hydrogens is 274 g/mol. The molecule has 4 nitrogen and oxygen atoms in total. The summed E-state index contributed by atoms with van der Waals surface area (Å²) in [6, 6.07) is 18.7. The lowest BCUT2D eigenvalue weighted by Gasteiger charge is -2.29. The first-order valence-corrected chi connectivity index (χ1v) is 7.78. The Morgan fingerprint density at radius 3 is 2.55 bits per heavy atom. The van der Waals surface area contributed by atoms with Crippen molar-refractivity contribution in [3.63, 3.8) is 0 Å². The van der Waals surface area contributed by atoms with Crippen LogP contribution in [0.3, 0.4) is 0 Å². The lowest BCUT2D eigenvalue weighted by molar-refractivity contribution is 0.185. The van der Waals surface area contributed by atoms with Crippen LogP contribution in [0.5, 0.6) is 0 Å². The first kappa shape index (κ1) is 13.2. The number of amides is 2. The van der Waals surface area contributed by atoms with Gasteiger partial charge in [0.25, 0.3) is 0 Å². The molecule has 1 unspecified atom stereocenters. The monoisotopic (exact) mass is 293 g/mol. The molecule has 1 N–H and O–H groups in total. The lowest BCUT2D eigenvalue weighted by atomic mass is 9.95. The summed E-state index contributed by atoms with van der Waals surface area (Å²) in [5.74, 6) is 0. The van der Waals surface area contributed by atoms with Crippen molar-refractivity contribution in [3.05, 3.63) is 65.7 Å². The van der Waals surface area contributed by atoms with Crippen molar-refractivity contribution in [2.24, 2.45) is 0 Å². The summed E-state index contributed by atoms with van der Waals surface area (Å²) in [5, 5.41) is 3.49. The summed E-state index contributed by atoms with van der Waals surface area (Å²) in [5.41, 5.74) is 3.46. The highest BCUT2D eigenvalue weighted by Crippen LogP contribution is 2.36. The van der Waals surface area contributed by atoms with E-state index in [0.29, 0.717) is 0 Å². The summed E-state index contributed by atoms with van der Waals surface area (Å²) in [6.07, 6.45) is 0. The van der Waals surface area contributed by atoms with E-state index in [2.05, 4.69) is 29.6 Å². The van der Waals surface area contributed by atoms with E-state index in [4.69, 9.17) is 0 Å². The molecule has 2 aromatic carbocycles. The molecule has 2 heterocycles. The largest absolute Gasteiger partial charge is 0.383 e. The van der Waals surface area contributed by atoms with E-state index < -0.39 is 0 Å². The third-order valence-corrected chi connectivity index (χ3v) is 4.51. The summed E-state index contributed by atoms with van der Waals surface area (Å²) in [6.45, 7) is 3.14. The molecule has 112 valence electrons. The van der Waals surface area contributed by atoms with Crippen LogP contribution in [0.4, 0.5) is 10.5 Å². The molecule has 22 heavy (non-hydrogen) atoms. The topological polar surface area (TPSA) is 35.6 Å². The molecule has 4 rings (SSSR count). The number of carbonyl (C=O) groups is 1. The van der Waals surface area contributed by atoms with Crippen molar-refractivity contribution in [1.82, 2.24) is 9.80 Å². The fraction of sp³-hybridized carbons (Fsp3) is 0.278. The molecule has 1 fully saturated rings. The maximum absolute atomic E-state index is 12.7. The Labute approximate surface area is 130 Å². The molecule has 4 heteroatoms. The molecule has 0 aliphatic carbocycles. The quantitative estimate of drug-likeness (QED) is 0.877. The maximum Gasteiger partial charge on any atom is 0.320 e. The van der Waals surface area contributed by atoms with Crippen LogP contribution >= 0.6 is 0 Å². The van der Waals surface area contributed by atoms with Crippen molar-refractivity contribution < 1.29 is 4.79 Å². The van der Waals surface area contributed by atoms with Gasteiger partial charge in [-0.05, 0) is 11.6 Å². The van der Waals surface area contributed by atoms with Gasteiger partial charge in [-0.1, -0.05) is 48.5 Å². The molecular formula is C18H19N3O. The highest BCUT2D eigenvalue weighted by molar-refractivity contribution is 5.78. The van der Waals surface area contributed by atoms with E-state index in [9.17, 15) is 4.79 Å². The first-order chi connectivity index (χ1) is 10.8. The van der Waals surface area contributed by atoms with Crippen molar-refractivity contribution >= 4 is 11.7 Å². The van der Waals surface area contributed by atoms with Crippen LogP contribution in [0.25, 0.3) is 0 Å². The number of carbonyl (C=O) groups excluding carboxylic acids is 1. The molecule has 1 atom stereocenters. The number of hydrogen-bond donors (Lipinski definition) is 1. The number of hydrogen-bond acceptors (Lipinski definition) is 2. The van der Waals surface area contributed by atoms with Crippen molar-refractivity contribution in [2.45, 2.75) is 6.04 Å². The van der Waals surface area contributed by atoms with Crippen LogP contribution < -0.4 is 5.32 Å². The third kappa shape index (κ3) is 2.11. The van der Waals surface area contributed by atoms with Gasteiger partial charge in [-0.3, -0.25) is 0 Å². The van der Waals surface area contributed by atoms with Gasteiger partial charge >= 0.3 is 6.03 Å². The zero-order valence-corrected chi connectivity index (χ0v) is 12.4. The number of anilines is 1. The fourth-order valence-electron chi connectivity index (χ4n) is 3.43. The van der Waals surface area contributed by atoms with Gasteiger partial charge in [-0.15, -0.1) is 0 Å². The number of fused-ring (bicyclic) bond motifs is 3. The molecule has 0 aromatic heterocycles. The second kappa shape index (κ2) is 5.37. The fourth-order valence-corrected chi connectivity index (χ4v) is 3.43. The molecule has 2 aliphatic heterocycles. The van der Waals surface area contributed by atoms with Gasteiger partial charge in [-0.2, -0.15) is 0 Å². The SMILES string of the molecule is O=C1N2CCNc3ccccc3C(c3ccccc3)N1CC2. The van der Waals surface area contributed by atoms with Crippen LogP contribution in [0.15, 0.2) is 54.6 Å². The van der Waals surface area contributed by atoms with Crippen LogP contribution in [-0.2, 0) is 0 Å². The zero-order chi connectivity index (χ0) is 14.9. The summed E-state index contributed by atoms with van der Waals surface area (Å²) in [7, 11) is 0. The number of benzene rings is 2. The molecule has 1 saturated heterocycles. The zero-order valence-electron chi connectivity index (χ0n) is 12.4. The van der Waals surface area contributed by atoms with E-state index in [1.54, 1.807) is 0 Å². The lowest BCUT2D eigenvalue weighted by Crippen LogP contribution is -2.35. The standard InChI is InChI=1S/C18H19N3O/c22-18-20-11-10-19-16-9-5-4-8-15(16)17(21(18)13-12-20)14-6-2-1-3-7-14/h1-9,17,19H,10-13H2. The minimum absolute atomic E-state index is 0.0273. The molecule has 2 aromatic rings. The number of urea groups is 1. The smallest absolute Gasteiger partial charge is 0.320 e. The number of rotatable bonds is 1. The van der Waals surface area contributed by atoms with E-state index >= 15 is 0 Å². The van der Waals surface area contributed by atoms with Gasteiger partial charge in [0.05, 0.1) is 6.04 Å². The van der Waals surface area contributed by atoms with Crippen LogP contribution in [0.1, 0.15) is 17.2 Å². The summed E-state index contributed by atoms with van der Waals surface area (Å²) < 4.78 is 0. The second-order valence-electron chi connectivity index (χ2n) is 5.79. The third-order valence-electron chi connectivity index (χ3n) is 4.51. The number of para-hydroxylation sites is 1. The van der Waals surface area contributed by atoms with E-state index in [1.807, 2.05) is 40.1 Å². The Bertz CT molecular complexity index is 686. The Morgan fingerprint density at radius 2 is 1.68 bits per heavy atom. The van der Waals surface area contributed by atoms with Crippen molar-refractivity contribution in [3.8, 4) is 0 Å². The Morgan fingerprint density at radius 1 is 0.909 bits per heavy atom. The van der Waals surface area contributed by atoms with Crippen LogP contribution in [0.2, 0.25) is 0 Å².